The third kappa shape index (κ3) is 3.66. The zero-order valence-electron chi connectivity index (χ0n) is 8.68. The Hall–Kier alpha value is -1.36. The van der Waals surface area contributed by atoms with Crippen LogP contribution in [-0.2, 0) is 14.3 Å². The van der Waals surface area contributed by atoms with Crippen molar-refractivity contribution >= 4 is 28.4 Å². The van der Waals surface area contributed by atoms with Crippen LogP contribution in [0.5, 0.6) is 5.75 Å². The number of carbonyl (C=O) groups excluding carboxylic acids is 2. The lowest BCUT2D eigenvalue weighted by atomic mass is 10.1. The van der Waals surface area contributed by atoms with E-state index >= 15 is 0 Å². The predicted octanol–water partition coefficient (Wildman–Crippen LogP) is 2.22. The zero-order valence-corrected chi connectivity index (χ0v) is 10.3. The van der Waals surface area contributed by atoms with Crippen molar-refractivity contribution in [3.8, 4) is 5.75 Å². The zero-order chi connectivity index (χ0) is 12.0. The Labute approximate surface area is 102 Å². The van der Waals surface area contributed by atoms with Crippen molar-refractivity contribution in [3.63, 3.8) is 0 Å². The summed E-state index contributed by atoms with van der Waals surface area (Å²) in [5, 5.41) is 0.513. The summed E-state index contributed by atoms with van der Waals surface area (Å²) in [7, 11) is 0. The molecule has 0 heterocycles. The highest BCUT2D eigenvalue weighted by atomic mass is 79.9. The molecule has 0 aromatic heterocycles. The maximum Gasteiger partial charge on any atom is 0.308 e. The van der Waals surface area contributed by atoms with E-state index in [4.69, 9.17) is 9.47 Å². The lowest BCUT2D eigenvalue weighted by Gasteiger charge is -2.12. The largest absolute Gasteiger partial charge is 0.459 e. The first kappa shape index (κ1) is 12.7. The van der Waals surface area contributed by atoms with E-state index in [1.165, 1.54) is 6.92 Å². The van der Waals surface area contributed by atoms with Gasteiger partial charge < -0.3 is 9.47 Å². The van der Waals surface area contributed by atoms with Gasteiger partial charge >= 0.3 is 5.97 Å². The molecule has 0 bridgehead atoms. The Balaban J connectivity index is 2.76. The molecule has 0 saturated heterocycles. The van der Waals surface area contributed by atoms with Crippen LogP contribution >= 0.6 is 15.9 Å². The van der Waals surface area contributed by atoms with Crippen LogP contribution in [0.25, 0.3) is 0 Å². The number of halogens is 1. The van der Waals surface area contributed by atoms with Crippen molar-refractivity contribution in [1.82, 2.24) is 0 Å². The average Bonchev–Trinajstić information content (AvgIpc) is 2.26. The number of hydrogen-bond donors (Lipinski definition) is 0. The number of alkyl halides is 1. The van der Waals surface area contributed by atoms with Crippen molar-refractivity contribution in [2.45, 2.75) is 13.0 Å². The molecule has 16 heavy (non-hydrogen) atoms. The Kier molecular flexibility index (Phi) is 4.98. The van der Waals surface area contributed by atoms with E-state index in [9.17, 15) is 9.59 Å². The van der Waals surface area contributed by atoms with Crippen molar-refractivity contribution < 1.29 is 19.1 Å². The van der Waals surface area contributed by atoms with E-state index < -0.39 is 0 Å². The number of esters is 1. The summed E-state index contributed by atoms with van der Waals surface area (Å²) in [5.41, 5.74) is 0.833. The third-order valence-electron chi connectivity index (χ3n) is 1.87. The maximum absolute atomic E-state index is 10.7. The SMILES string of the molecule is CC(=O)Oc1ccc(C(CBr)OC=O)cc1. The van der Waals surface area contributed by atoms with Crippen molar-refractivity contribution in [1.29, 1.82) is 0 Å². The quantitative estimate of drug-likeness (QED) is 0.360. The second-order valence-electron chi connectivity index (χ2n) is 3.04. The summed E-state index contributed by atoms with van der Waals surface area (Å²) in [5.74, 6) is 0.101. The molecular weight excluding hydrogens is 276 g/mol. The maximum atomic E-state index is 10.7. The molecule has 1 aromatic carbocycles. The van der Waals surface area contributed by atoms with Crippen LogP contribution in [0, 0.1) is 0 Å². The molecule has 1 unspecified atom stereocenters. The fourth-order valence-corrected chi connectivity index (χ4v) is 1.71. The average molecular weight is 287 g/mol. The summed E-state index contributed by atoms with van der Waals surface area (Å²) in [6, 6.07) is 6.79. The fraction of sp³-hybridized carbons (Fsp3) is 0.273. The lowest BCUT2D eigenvalue weighted by molar-refractivity contribution is -0.133. The normalized spacial score (nSPS) is 11.6. The van der Waals surface area contributed by atoms with Crippen LogP contribution < -0.4 is 4.74 Å². The standard InChI is InChI=1S/C11H11BrO4/c1-8(14)16-10-4-2-9(3-5-10)11(6-12)15-7-13/h2-5,7,11H,6H2,1H3. The van der Waals surface area contributed by atoms with E-state index in [0.29, 0.717) is 17.6 Å². The van der Waals surface area contributed by atoms with Gasteiger partial charge in [0, 0.05) is 12.3 Å². The fourth-order valence-electron chi connectivity index (χ4n) is 1.19. The van der Waals surface area contributed by atoms with Crippen molar-refractivity contribution in [2.75, 3.05) is 5.33 Å². The lowest BCUT2D eigenvalue weighted by Crippen LogP contribution is -2.05. The Bertz CT molecular complexity index is 361. The Morgan fingerprint density at radius 1 is 1.44 bits per heavy atom. The van der Waals surface area contributed by atoms with Gasteiger partial charge in [-0.2, -0.15) is 0 Å². The molecule has 0 aliphatic rings. The number of hydrogen-bond acceptors (Lipinski definition) is 4. The molecule has 4 nitrogen and oxygen atoms in total. The topological polar surface area (TPSA) is 52.6 Å². The minimum atomic E-state index is -0.367. The number of rotatable bonds is 5. The smallest absolute Gasteiger partial charge is 0.308 e. The molecule has 0 saturated carbocycles. The van der Waals surface area contributed by atoms with E-state index in [1.54, 1.807) is 24.3 Å². The van der Waals surface area contributed by atoms with Crippen LogP contribution in [0.1, 0.15) is 18.6 Å². The van der Waals surface area contributed by atoms with E-state index in [1.807, 2.05) is 0 Å². The first-order valence-corrected chi connectivity index (χ1v) is 5.73. The van der Waals surface area contributed by atoms with Crippen LogP contribution in [0.2, 0.25) is 0 Å². The van der Waals surface area contributed by atoms with E-state index in [0.717, 1.165) is 5.56 Å². The molecule has 0 spiro atoms. The molecule has 0 radical (unpaired) electrons. The molecule has 0 N–H and O–H groups in total. The van der Waals surface area contributed by atoms with Gasteiger partial charge in [-0.1, -0.05) is 28.1 Å². The second kappa shape index (κ2) is 6.27. The van der Waals surface area contributed by atoms with Gasteiger partial charge in [0.05, 0.1) is 0 Å². The molecule has 86 valence electrons. The van der Waals surface area contributed by atoms with Gasteiger partial charge in [-0.15, -0.1) is 0 Å². The number of carbonyl (C=O) groups is 2. The molecule has 1 rings (SSSR count). The van der Waals surface area contributed by atoms with Gasteiger partial charge in [0.2, 0.25) is 0 Å². The second-order valence-corrected chi connectivity index (χ2v) is 3.69. The summed E-state index contributed by atoms with van der Waals surface area (Å²) in [4.78, 5) is 20.9. The summed E-state index contributed by atoms with van der Waals surface area (Å²) in [6.45, 7) is 1.75. The molecule has 1 aromatic rings. The molecule has 1 atom stereocenters. The molecule has 5 heteroatoms. The van der Waals surface area contributed by atoms with Gasteiger partial charge in [-0.05, 0) is 17.7 Å². The van der Waals surface area contributed by atoms with Crippen LogP contribution in [0.4, 0.5) is 0 Å². The third-order valence-corrected chi connectivity index (χ3v) is 2.46. The molecule has 0 fully saturated rings. The van der Waals surface area contributed by atoms with Crippen molar-refractivity contribution in [2.24, 2.45) is 0 Å². The minimum absolute atomic E-state index is 0.330. The summed E-state index contributed by atoms with van der Waals surface area (Å²) < 4.78 is 9.74. The predicted molar refractivity (Wildman–Crippen MR) is 61.4 cm³/mol. The van der Waals surface area contributed by atoms with Gasteiger partial charge in [0.15, 0.2) is 0 Å². The van der Waals surface area contributed by atoms with Gasteiger partial charge in [0.25, 0.3) is 6.47 Å². The highest BCUT2D eigenvalue weighted by molar-refractivity contribution is 9.09. The summed E-state index contributed by atoms with van der Waals surface area (Å²) in [6.07, 6.45) is -0.330. The Morgan fingerprint density at radius 2 is 2.06 bits per heavy atom. The van der Waals surface area contributed by atoms with Crippen LogP contribution in [0.15, 0.2) is 24.3 Å². The van der Waals surface area contributed by atoms with Gasteiger partial charge in [-0.3, -0.25) is 9.59 Å². The van der Waals surface area contributed by atoms with E-state index in [-0.39, 0.29) is 12.1 Å². The minimum Gasteiger partial charge on any atom is -0.459 e. The molecule has 0 aliphatic carbocycles. The molecule has 0 aliphatic heterocycles. The Morgan fingerprint density at radius 3 is 2.50 bits per heavy atom. The van der Waals surface area contributed by atoms with E-state index in [2.05, 4.69) is 15.9 Å². The van der Waals surface area contributed by atoms with Gasteiger partial charge in [0.1, 0.15) is 11.9 Å². The van der Waals surface area contributed by atoms with Crippen LogP contribution in [0.3, 0.4) is 0 Å². The van der Waals surface area contributed by atoms with Gasteiger partial charge in [-0.25, -0.2) is 0 Å². The summed E-state index contributed by atoms with van der Waals surface area (Å²) >= 11 is 3.24. The molecule has 0 amide bonds. The monoisotopic (exact) mass is 286 g/mol. The number of ether oxygens (including phenoxy) is 2. The highest BCUT2D eigenvalue weighted by Crippen LogP contribution is 2.21. The van der Waals surface area contributed by atoms with Crippen LogP contribution in [-0.4, -0.2) is 17.8 Å². The first-order chi connectivity index (χ1) is 7.67. The number of benzene rings is 1. The molecular formula is C11H11BrO4. The van der Waals surface area contributed by atoms with Crippen molar-refractivity contribution in [3.05, 3.63) is 29.8 Å². The first-order valence-electron chi connectivity index (χ1n) is 4.61. The highest BCUT2D eigenvalue weighted by Gasteiger charge is 2.10.